The van der Waals surface area contributed by atoms with E-state index in [1.165, 1.54) is 10.5 Å². The summed E-state index contributed by atoms with van der Waals surface area (Å²) in [5.41, 5.74) is 2.99. The molecule has 37 heavy (non-hydrogen) atoms. The van der Waals surface area contributed by atoms with Crippen LogP contribution in [0, 0.1) is 18.8 Å². The molecule has 1 aromatic heterocycles. The van der Waals surface area contributed by atoms with Crippen molar-refractivity contribution in [2.75, 3.05) is 32.5 Å². The number of nitrogens with zero attached hydrogens (tertiary/aromatic N) is 2. The van der Waals surface area contributed by atoms with E-state index >= 15 is 0 Å². The van der Waals surface area contributed by atoms with Gasteiger partial charge in [0.2, 0.25) is 0 Å². The van der Waals surface area contributed by atoms with Gasteiger partial charge in [0.05, 0.1) is 18.7 Å². The lowest BCUT2D eigenvalue weighted by Crippen LogP contribution is -2.42. The lowest BCUT2D eigenvalue weighted by atomic mass is 9.79. The fourth-order valence-electron chi connectivity index (χ4n) is 5.47. The number of piperidine rings is 1. The number of benzene rings is 2. The number of aliphatic hydroxyl groups excluding tert-OH is 1. The lowest BCUT2D eigenvalue weighted by Gasteiger charge is -2.38. The van der Waals surface area contributed by atoms with Crippen molar-refractivity contribution in [3.8, 4) is 5.75 Å². The van der Waals surface area contributed by atoms with Crippen LogP contribution in [0.25, 0.3) is 10.9 Å². The Kier molecular flexibility index (Phi) is 9.83. The van der Waals surface area contributed by atoms with E-state index in [1.54, 1.807) is 13.3 Å². The van der Waals surface area contributed by atoms with E-state index in [1.807, 2.05) is 36.0 Å². The van der Waals surface area contributed by atoms with E-state index in [0.717, 1.165) is 66.9 Å². The van der Waals surface area contributed by atoms with E-state index in [2.05, 4.69) is 41.1 Å². The topological polar surface area (TPSA) is 82.9 Å². The van der Waals surface area contributed by atoms with Crippen molar-refractivity contribution in [1.29, 1.82) is 0 Å². The van der Waals surface area contributed by atoms with Gasteiger partial charge in [0.1, 0.15) is 5.75 Å². The number of carbonyl (C=O) groups is 1. The maximum absolute atomic E-state index is 11.6. The van der Waals surface area contributed by atoms with Crippen LogP contribution in [0.5, 0.6) is 5.75 Å². The predicted molar refractivity (Wildman–Crippen MR) is 149 cm³/mol. The van der Waals surface area contributed by atoms with Crippen LogP contribution < -0.4 is 4.74 Å². The molecule has 0 amide bonds. The quantitative estimate of drug-likeness (QED) is 0.224. The summed E-state index contributed by atoms with van der Waals surface area (Å²) < 4.78 is 5.36. The molecule has 1 aliphatic rings. The highest BCUT2D eigenvalue weighted by molar-refractivity contribution is 7.99. The second-order valence-electron chi connectivity index (χ2n) is 10.1. The molecule has 4 rings (SSSR count). The number of aliphatic carboxylic acids is 1. The summed E-state index contributed by atoms with van der Waals surface area (Å²) in [6.07, 6.45) is 4.76. The summed E-state index contributed by atoms with van der Waals surface area (Å²) in [6, 6.07) is 16.0. The van der Waals surface area contributed by atoms with Crippen molar-refractivity contribution >= 4 is 28.6 Å². The Labute approximate surface area is 224 Å². The van der Waals surface area contributed by atoms with Crippen molar-refractivity contribution in [2.24, 2.45) is 11.8 Å². The molecule has 1 fully saturated rings. The molecule has 2 N–H and O–H groups in total. The molecule has 1 saturated heterocycles. The van der Waals surface area contributed by atoms with Crippen molar-refractivity contribution in [1.82, 2.24) is 9.88 Å². The summed E-state index contributed by atoms with van der Waals surface area (Å²) in [7, 11) is 1.63. The third kappa shape index (κ3) is 7.46. The number of carboxylic acid groups (broad SMARTS) is 1. The number of thioether (sulfide) groups is 1. The number of likely N-dealkylation sites (tertiary alicyclic amines) is 1. The van der Waals surface area contributed by atoms with Crippen LogP contribution in [0.2, 0.25) is 0 Å². The van der Waals surface area contributed by atoms with Crippen LogP contribution in [0.3, 0.4) is 0 Å². The van der Waals surface area contributed by atoms with Gasteiger partial charge in [-0.1, -0.05) is 18.2 Å². The summed E-state index contributed by atoms with van der Waals surface area (Å²) in [5.74, 6) is 1.47. The maximum Gasteiger partial charge on any atom is 0.303 e. The Hall–Kier alpha value is -2.61. The van der Waals surface area contributed by atoms with Gasteiger partial charge in [0, 0.05) is 29.4 Å². The molecular formula is C30H38N2O4S. The zero-order valence-electron chi connectivity index (χ0n) is 21.8. The molecular weight excluding hydrogens is 484 g/mol. The average Bonchev–Trinajstić information content (AvgIpc) is 2.90. The van der Waals surface area contributed by atoms with Gasteiger partial charge >= 0.3 is 5.97 Å². The minimum Gasteiger partial charge on any atom is -0.497 e. The minimum atomic E-state index is -0.736. The lowest BCUT2D eigenvalue weighted by molar-refractivity contribution is -0.139. The number of aliphatic hydroxyl groups is 1. The van der Waals surface area contributed by atoms with Crippen molar-refractivity contribution in [2.45, 2.75) is 50.0 Å². The number of hydrogen-bond acceptors (Lipinski definition) is 6. The first-order valence-corrected chi connectivity index (χ1v) is 14.2. The normalized spacial score (nSPS) is 19.1. The van der Waals surface area contributed by atoms with Gasteiger partial charge in [-0.15, -0.1) is 11.8 Å². The summed E-state index contributed by atoms with van der Waals surface area (Å²) in [4.78, 5) is 19.8. The van der Waals surface area contributed by atoms with E-state index in [-0.39, 0.29) is 12.3 Å². The Bertz CT molecular complexity index is 1190. The predicted octanol–water partition coefficient (Wildman–Crippen LogP) is 5.96. The highest BCUT2D eigenvalue weighted by Crippen LogP contribution is 2.35. The van der Waals surface area contributed by atoms with Gasteiger partial charge in [-0.3, -0.25) is 9.78 Å². The van der Waals surface area contributed by atoms with Crippen molar-refractivity contribution < 1.29 is 19.7 Å². The number of rotatable bonds is 12. The number of carboxylic acids is 1. The van der Waals surface area contributed by atoms with E-state index in [0.29, 0.717) is 12.3 Å². The molecule has 198 valence electrons. The first-order valence-electron chi connectivity index (χ1n) is 13.2. The molecule has 3 aromatic rings. The van der Waals surface area contributed by atoms with Gasteiger partial charge < -0.3 is 19.8 Å². The Balaban J connectivity index is 1.31. The second kappa shape index (κ2) is 13.3. The molecule has 7 heteroatoms. The zero-order chi connectivity index (χ0) is 26.2. The van der Waals surface area contributed by atoms with Crippen LogP contribution in [-0.2, 0) is 4.79 Å². The van der Waals surface area contributed by atoms with Crippen LogP contribution in [0.1, 0.15) is 49.3 Å². The van der Waals surface area contributed by atoms with E-state index < -0.39 is 12.1 Å². The maximum atomic E-state index is 11.6. The van der Waals surface area contributed by atoms with E-state index in [9.17, 15) is 15.0 Å². The number of aromatic nitrogens is 1. The molecule has 0 spiro atoms. The Morgan fingerprint density at radius 1 is 1.22 bits per heavy atom. The average molecular weight is 523 g/mol. The zero-order valence-corrected chi connectivity index (χ0v) is 22.6. The third-order valence-corrected chi connectivity index (χ3v) is 8.80. The van der Waals surface area contributed by atoms with Gasteiger partial charge in [-0.2, -0.15) is 0 Å². The standard InChI is InChI=1S/C30H38N2O4S/c1-21-6-3-4-7-29(21)37-17-5-15-32-16-13-22(23(20-32)18-30(34)35)8-11-28(33)25-12-14-31-27-10-9-24(36-2)19-26(25)27/h3-4,6-7,9-10,12,14,19,22-23,28,33H,5,8,11,13,15-18,20H2,1-2H3,(H,34,35)/t22-,23+,28+/m1/s1. The number of hydrogen-bond donors (Lipinski definition) is 2. The first-order chi connectivity index (χ1) is 17.9. The third-order valence-electron chi connectivity index (χ3n) is 7.53. The van der Waals surface area contributed by atoms with Gasteiger partial charge in [-0.05, 0) is 105 Å². The molecule has 2 heterocycles. The molecule has 6 nitrogen and oxygen atoms in total. The van der Waals surface area contributed by atoms with Gasteiger partial charge in [0.15, 0.2) is 0 Å². The fraction of sp³-hybridized carbons (Fsp3) is 0.467. The number of fused-ring (bicyclic) bond motifs is 1. The summed E-state index contributed by atoms with van der Waals surface area (Å²) in [5, 5.41) is 21.6. The van der Waals surface area contributed by atoms with E-state index in [4.69, 9.17) is 4.74 Å². The minimum absolute atomic E-state index is 0.108. The molecule has 0 radical (unpaired) electrons. The largest absolute Gasteiger partial charge is 0.497 e. The molecule has 0 unspecified atom stereocenters. The van der Waals surface area contributed by atoms with Crippen LogP contribution in [0.15, 0.2) is 59.6 Å². The number of ether oxygens (including phenoxy) is 1. The fourth-order valence-corrected chi connectivity index (χ4v) is 6.44. The number of aryl methyl sites for hydroxylation is 1. The van der Waals surface area contributed by atoms with Gasteiger partial charge in [0.25, 0.3) is 0 Å². The first kappa shape index (κ1) is 27.4. The van der Waals surface area contributed by atoms with Gasteiger partial charge in [-0.25, -0.2) is 0 Å². The molecule has 2 aromatic carbocycles. The van der Waals surface area contributed by atoms with Crippen molar-refractivity contribution in [3.05, 3.63) is 65.9 Å². The van der Waals surface area contributed by atoms with Crippen LogP contribution in [0.4, 0.5) is 0 Å². The van der Waals surface area contributed by atoms with Crippen LogP contribution >= 0.6 is 11.8 Å². The molecule has 0 aliphatic carbocycles. The summed E-state index contributed by atoms with van der Waals surface area (Å²) >= 11 is 1.90. The van der Waals surface area contributed by atoms with Crippen LogP contribution in [-0.4, -0.2) is 58.6 Å². The monoisotopic (exact) mass is 522 g/mol. The number of methoxy groups -OCH3 is 1. The Morgan fingerprint density at radius 3 is 2.84 bits per heavy atom. The Morgan fingerprint density at radius 2 is 2.05 bits per heavy atom. The smallest absolute Gasteiger partial charge is 0.303 e. The molecule has 1 aliphatic heterocycles. The SMILES string of the molecule is COc1ccc2nccc([C@@H](O)CC[C@@H]3CCN(CCCSc4ccccc4C)C[C@@H]3CC(=O)O)c2c1. The molecule has 0 bridgehead atoms. The van der Waals surface area contributed by atoms with Crippen molar-refractivity contribution in [3.63, 3.8) is 0 Å². The molecule has 3 atom stereocenters. The second-order valence-corrected chi connectivity index (χ2v) is 11.2. The highest BCUT2D eigenvalue weighted by atomic mass is 32.2. The summed E-state index contributed by atoms with van der Waals surface area (Å²) in [6.45, 7) is 4.95. The highest BCUT2D eigenvalue weighted by Gasteiger charge is 2.31. The number of pyridine rings is 1. The molecule has 0 saturated carbocycles.